The normalized spacial score (nSPS) is 10.6. The van der Waals surface area contributed by atoms with E-state index in [2.05, 4.69) is 41.5 Å². The highest BCUT2D eigenvalue weighted by atomic mass is 32.2. The van der Waals surface area contributed by atoms with Gasteiger partial charge in [0.1, 0.15) is 5.69 Å². The van der Waals surface area contributed by atoms with Gasteiger partial charge in [0, 0.05) is 22.9 Å². The van der Waals surface area contributed by atoms with Gasteiger partial charge in [-0.25, -0.2) is 4.79 Å². The number of nitrogens with one attached hydrogen (secondary N) is 2. The van der Waals surface area contributed by atoms with Gasteiger partial charge in [-0.3, -0.25) is 4.79 Å². The Morgan fingerprint density at radius 1 is 1.16 bits per heavy atom. The van der Waals surface area contributed by atoms with E-state index < -0.39 is 5.97 Å². The highest BCUT2D eigenvalue weighted by molar-refractivity contribution is 7.99. The van der Waals surface area contributed by atoms with E-state index in [9.17, 15) is 9.59 Å². The average Bonchev–Trinajstić information content (AvgIpc) is 2.88. The molecule has 134 valence electrons. The smallest absolute Gasteiger partial charge is 0.355 e. The first-order chi connectivity index (χ1) is 11.9. The Bertz CT molecular complexity index is 751. The molecule has 0 radical (unpaired) electrons. The number of hydrogen-bond donors (Lipinski definition) is 2. The van der Waals surface area contributed by atoms with Crippen molar-refractivity contribution < 1.29 is 14.3 Å². The highest BCUT2D eigenvalue weighted by Gasteiger charge is 2.22. The van der Waals surface area contributed by atoms with Crippen molar-refractivity contribution in [2.24, 2.45) is 0 Å². The third-order valence-electron chi connectivity index (χ3n) is 3.82. The maximum Gasteiger partial charge on any atom is 0.355 e. The zero-order chi connectivity index (χ0) is 18.4. The van der Waals surface area contributed by atoms with Gasteiger partial charge in [-0.2, -0.15) is 0 Å². The fourth-order valence-corrected chi connectivity index (χ4v) is 3.32. The number of thioether (sulfide) groups is 1. The van der Waals surface area contributed by atoms with Crippen LogP contribution in [0.3, 0.4) is 0 Å². The largest absolute Gasteiger partial charge is 0.461 e. The molecule has 0 saturated heterocycles. The number of benzene rings is 1. The van der Waals surface area contributed by atoms with Crippen LogP contribution in [0.1, 0.15) is 44.6 Å². The van der Waals surface area contributed by atoms with Crippen molar-refractivity contribution in [1.82, 2.24) is 10.3 Å². The molecule has 2 N–H and O–H groups in total. The van der Waals surface area contributed by atoms with Gasteiger partial charge in [0.25, 0.3) is 5.91 Å². The molecule has 0 saturated carbocycles. The summed E-state index contributed by atoms with van der Waals surface area (Å²) < 4.78 is 5.01. The van der Waals surface area contributed by atoms with E-state index in [0.29, 0.717) is 35.7 Å². The van der Waals surface area contributed by atoms with Crippen LogP contribution in [-0.2, 0) is 4.74 Å². The second-order valence-electron chi connectivity index (χ2n) is 5.76. The molecule has 2 rings (SSSR count). The monoisotopic (exact) mass is 360 g/mol. The van der Waals surface area contributed by atoms with E-state index in [4.69, 9.17) is 4.74 Å². The van der Waals surface area contributed by atoms with Crippen molar-refractivity contribution in [3.63, 3.8) is 0 Å². The molecular weight excluding hydrogens is 336 g/mol. The van der Waals surface area contributed by atoms with E-state index in [-0.39, 0.29) is 5.91 Å². The van der Waals surface area contributed by atoms with E-state index >= 15 is 0 Å². The maximum atomic E-state index is 12.4. The van der Waals surface area contributed by atoms with Gasteiger partial charge in [0.2, 0.25) is 0 Å². The molecule has 0 atom stereocenters. The number of amides is 1. The Balaban J connectivity index is 1.92. The number of hydrogen-bond acceptors (Lipinski definition) is 4. The number of H-pyrrole nitrogens is 1. The third-order valence-corrected chi connectivity index (χ3v) is 4.84. The fraction of sp³-hybridized carbons (Fsp3) is 0.368. The number of carbonyl (C=O) groups is 2. The molecule has 0 aliphatic carbocycles. The molecule has 0 spiro atoms. The SMILES string of the molecule is CCOC(=O)c1[nH]c(C)c(C(=O)NCCSc2ccc(C)cc2)c1C. The molecule has 6 heteroatoms. The van der Waals surface area contributed by atoms with Crippen molar-refractivity contribution >= 4 is 23.6 Å². The molecule has 0 unspecified atom stereocenters. The Morgan fingerprint density at radius 2 is 1.84 bits per heavy atom. The summed E-state index contributed by atoms with van der Waals surface area (Å²) >= 11 is 1.69. The summed E-state index contributed by atoms with van der Waals surface area (Å²) in [6, 6.07) is 8.30. The van der Waals surface area contributed by atoms with Crippen LogP contribution in [-0.4, -0.2) is 35.8 Å². The average molecular weight is 360 g/mol. The van der Waals surface area contributed by atoms with Crippen LogP contribution >= 0.6 is 11.8 Å². The van der Waals surface area contributed by atoms with Crippen molar-refractivity contribution in [2.75, 3.05) is 18.9 Å². The Morgan fingerprint density at radius 3 is 2.48 bits per heavy atom. The van der Waals surface area contributed by atoms with Crippen molar-refractivity contribution in [3.8, 4) is 0 Å². The second-order valence-corrected chi connectivity index (χ2v) is 6.93. The summed E-state index contributed by atoms with van der Waals surface area (Å²) in [6.45, 7) is 8.20. The first kappa shape index (κ1) is 19.1. The number of carbonyl (C=O) groups excluding carboxylic acids is 2. The van der Waals surface area contributed by atoms with Crippen LogP contribution < -0.4 is 5.32 Å². The van der Waals surface area contributed by atoms with Crippen LogP contribution in [0, 0.1) is 20.8 Å². The lowest BCUT2D eigenvalue weighted by Crippen LogP contribution is -2.26. The molecule has 2 aromatic rings. The second kappa shape index (κ2) is 8.76. The van der Waals surface area contributed by atoms with Crippen LogP contribution in [0.25, 0.3) is 0 Å². The first-order valence-electron chi connectivity index (χ1n) is 8.28. The van der Waals surface area contributed by atoms with Crippen molar-refractivity contribution in [2.45, 2.75) is 32.6 Å². The highest BCUT2D eigenvalue weighted by Crippen LogP contribution is 2.20. The standard InChI is InChI=1S/C19H24N2O3S/c1-5-24-19(23)17-13(3)16(14(4)21-17)18(22)20-10-11-25-15-8-6-12(2)7-9-15/h6-9,21H,5,10-11H2,1-4H3,(H,20,22). The lowest BCUT2D eigenvalue weighted by atomic mass is 10.1. The molecule has 1 amide bonds. The third kappa shape index (κ3) is 4.89. The minimum Gasteiger partial charge on any atom is -0.461 e. The quantitative estimate of drug-likeness (QED) is 0.449. The summed E-state index contributed by atoms with van der Waals surface area (Å²) in [7, 11) is 0. The van der Waals surface area contributed by atoms with Gasteiger partial charge in [-0.1, -0.05) is 17.7 Å². The predicted molar refractivity (Wildman–Crippen MR) is 100 cm³/mol. The molecule has 5 nitrogen and oxygen atoms in total. The summed E-state index contributed by atoms with van der Waals surface area (Å²) in [4.78, 5) is 28.5. The zero-order valence-electron chi connectivity index (χ0n) is 15.1. The van der Waals surface area contributed by atoms with E-state index in [1.54, 1.807) is 32.5 Å². The van der Waals surface area contributed by atoms with Gasteiger partial charge >= 0.3 is 5.97 Å². The summed E-state index contributed by atoms with van der Waals surface area (Å²) in [5.74, 6) is 0.172. The van der Waals surface area contributed by atoms with Crippen molar-refractivity contribution in [3.05, 3.63) is 52.3 Å². The Hall–Kier alpha value is -2.21. The first-order valence-corrected chi connectivity index (χ1v) is 9.26. The van der Waals surface area contributed by atoms with Crippen molar-refractivity contribution in [1.29, 1.82) is 0 Å². The molecule has 0 aliphatic heterocycles. The molecule has 1 aromatic heterocycles. The number of aryl methyl sites for hydroxylation is 2. The number of rotatable bonds is 7. The fourth-order valence-electron chi connectivity index (χ4n) is 2.55. The topological polar surface area (TPSA) is 71.2 Å². The van der Waals surface area contributed by atoms with Crippen LogP contribution in [0.4, 0.5) is 0 Å². The van der Waals surface area contributed by atoms with E-state index in [0.717, 1.165) is 5.75 Å². The minimum absolute atomic E-state index is 0.175. The van der Waals surface area contributed by atoms with E-state index in [1.807, 2.05) is 0 Å². The molecule has 0 aliphatic rings. The van der Waals surface area contributed by atoms with Gasteiger partial charge < -0.3 is 15.0 Å². The zero-order valence-corrected chi connectivity index (χ0v) is 15.9. The predicted octanol–water partition coefficient (Wildman–Crippen LogP) is 3.64. The summed E-state index contributed by atoms with van der Waals surface area (Å²) in [6.07, 6.45) is 0. The Labute approximate surface area is 152 Å². The Kier molecular flexibility index (Phi) is 6.70. The number of aromatic nitrogens is 1. The molecule has 1 aromatic carbocycles. The lowest BCUT2D eigenvalue weighted by molar-refractivity contribution is 0.0519. The van der Waals surface area contributed by atoms with Gasteiger partial charge in [0.05, 0.1) is 12.2 Å². The van der Waals surface area contributed by atoms with Crippen LogP contribution in [0.5, 0.6) is 0 Å². The van der Waals surface area contributed by atoms with E-state index in [1.165, 1.54) is 10.5 Å². The van der Waals surface area contributed by atoms with Crippen LogP contribution in [0.15, 0.2) is 29.2 Å². The molecule has 0 fully saturated rings. The number of esters is 1. The lowest BCUT2D eigenvalue weighted by Gasteiger charge is -2.06. The van der Waals surface area contributed by atoms with Gasteiger partial charge in [-0.15, -0.1) is 11.8 Å². The number of ether oxygens (including phenoxy) is 1. The maximum absolute atomic E-state index is 12.4. The molecular formula is C19H24N2O3S. The summed E-state index contributed by atoms with van der Waals surface area (Å²) in [5, 5.41) is 2.91. The number of aromatic amines is 1. The molecule has 0 bridgehead atoms. The van der Waals surface area contributed by atoms with Gasteiger partial charge in [-0.05, 0) is 45.4 Å². The molecule has 1 heterocycles. The minimum atomic E-state index is -0.433. The summed E-state index contributed by atoms with van der Waals surface area (Å²) in [5.41, 5.74) is 3.39. The molecule has 25 heavy (non-hydrogen) atoms. The van der Waals surface area contributed by atoms with Crippen LogP contribution in [0.2, 0.25) is 0 Å². The van der Waals surface area contributed by atoms with Gasteiger partial charge in [0.15, 0.2) is 0 Å².